The summed E-state index contributed by atoms with van der Waals surface area (Å²) in [6, 6.07) is 18.2. The fourth-order valence-electron chi connectivity index (χ4n) is 3.13. The number of nitrogen functional groups attached to an aromatic ring is 1. The van der Waals surface area contributed by atoms with Crippen LogP contribution in [0, 0.1) is 0 Å². The van der Waals surface area contributed by atoms with Crippen molar-refractivity contribution in [3.8, 4) is 17.2 Å². The molecular formula is C26H28ClN5O3. The number of nitrogens with zero attached hydrogens (tertiary/aromatic N) is 3. The number of anilines is 2. The topological polar surface area (TPSA) is 113 Å². The number of phenols is 1. The van der Waals surface area contributed by atoms with Crippen LogP contribution in [0.25, 0.3) is 0 Å². The molecule has 0 aliphatic rings. The minimum Gasteiger partial charge on any atom is -0.506 e. The van der Waals surface area contributed by atoms with E-state index in [-0.39, 0.29) is 33.9 Å². The SMILES string of the molecule is CN=C(N=C(C)C(=O)NCc1ccc(Oc2cccc(N(C)C)c2)cc1)c1cc(O)c(N)c(Cl)c1. The molecule has 0 aliphatic carbocycles. The van der Waals surface area contributed by atoms with Crippen molar-refractivity contribution >= 4 is 40.4 Å². The third kappa shape index (κ3) is 6.74. The lowest BCUT2D eigenvalue weighted by Crippen LogP contribution is -2.29. The van der Waals surface area contributed by atoms with E-state index in [9.17, 15) is 9.90 Å². The molecule has 0 spiro atoms. The van der Waals surface area contributed by atoms with E-state index in [1.165, 1.54) is 19.2 Å². The molecule has 0 unspecified atom stereocenters. The van der Waals surface area contributed by atoms with Crippen LogP contribution in [0.15, 0.2) is 70.6 Å². The Balaban J connectivity index is 1.61. The number of nitrogens with two attached hydrogens (primary N) is 1. The molecule has 0 fully saturated rings. The molecular weight excluding hydrogens is 466 g/mol. The van der Waals surface area contributed by atoms with Gasteiger partial charge in [0.05, 0.1) is 10.7 Å². The number of phenolic OH excluding ortho intramolecular Hbond substituents is 1. The maximum atomic E-state index is 12.6. The molecule has 9 heteroatoms. The van der Waals surface area contributed by atoms with Gasteiger partial charge in [0.1, 0.15) is 23.0 Å². The summed E-state index contributed by atoms with van der Waals surface area (Å²) in [5.41, 5.74) is 8.35. The van der Waals surface area contributed by atoms with Gasteiger partial charge >= 0.3 is 0 Å². The summed E-state index contributed by atoms with van der Waals surface area (Å²) >= 11 is 6.03. The smallest absolute Gasteiger partial charge is 0.265 e. The van der Waals surface area contributed by atoms with Gasteiger partial charge in [-0.05, 0) is 48.9 Å². The van der Waals surface area contributed by atoms with Crippen molar-refractivity contribution in [2.45, 2.75) is 13.5 Å². The predicted molar refractivity (Wildman–Crippen MR) is 142 cm³/mol. The average molecular weight is 494 g/mol. The Labute approximate surface area is 209 Å². The molecule has 8 nitrogen and oxygen atoms in total. The highest BCUT2D eigenvalue weighted by Gasteiger charge is 2.12. The molecule has 3 aromatic carbocycles. The summed E-state index contributed by atoms with van der Waals surface area (Å²) in [5.74, 6) is 1.16. The lowest BCUT2D eigenvalue weighted by Gasteiger charge is -2.14. The van der Waals surface area contributed by atoms with Crippen molar-refractivity contribution < 1.29 is 14.6 Å². The van der Waals surface area contributed by atoms with Gasteiger partial charge < -0.3 is 25.8 Å². The largest absolute Gasteiger partial charge is 0.506 e. The Bertz CT molecular complexity index is 1250. The first-order chi connectivity index (χ1) is 16.7. The highest BCUT2D eigenvalue weighted by Crippen LogP contribution is 2.30. The second kappa shape index (κ2) is 11.4. The zero-order valence-corrected chi connectivity index (χ0v) is 20.8. The standard InChI is InChI=1S/C26H28ClN5O3/c1-16(31-25(29-2)18-12-22(27)24(28)23(33)13-18)26(34)30-15-17-8-10-20(11-9-17)35-21-7-5-6-19(14-21)32(3)4/h5-14,33H,15,28H2,1-4H3,(H,30,34). The van der Waals surface area contributed by atoms with Gasteiger partial charge in [-0.15, -0.1) is 0 Å². The number of amides is 1. The number of aromatic hydroxyl groups is 1. The van der Waals surface area contributed by atoms with Crippen molar-refractivity contribution in [2.75, 3.05) is 31.8 Å². The van der Waals surface area contributed by atoms with Gasteiger partial charge in [-0.2, -0.15) is 0 Å². The lowest BCUT2D eigenvalue weighted by molar-refractivity contribution is -0.115. The summed E-state index contributed by atoms with van der Waals surface area (Å²) in [6.45, 7) is 1.90. The number of amidine groups is 1. The molecule has 4 N–H and O–H groups in total. The van der Waals surface area contributed by atoms with Gasteiger partial charge in [0, 0.05) is 45.0 Å². The van der Waals surface area contributed by atoms with E-state index >= 15 is 0 Å². The zero-order valence-electron chi connectivity index (χ0n) is 20.0. The molecule has 0 saturated heterocycles. The monoisotopic (exact) mass is 493 g/mol. The number of ether oxygens (including phenoxy) is 1. The van der Waals surface area contributed by atoms with Gasteiger partial charge in [-0.25, -0.2) is 4.99 Å². The number of hydrogen-bond donors (Lipinski definition) is 3. The molecule has 0 atom stereocenters. The molecule has 0 bridgehead atoms. The van der Waals surface area contributed by atoms with E-state index in [1.54, 1.807) is 6.92 Å². The van der Waals surface area contributed by atoms with Crippen LogP contribution in [0.3, 0.4) is 0 Å². The summed E-state index contributed by atoms with van der Waals surface area (Å²) < 4.78 is 5.93. The Morgan fingerprint density at radius 2 is 1.83 bits per heavy atom. The predicted octanol–water partition coefficient (Wildman–Crippen LogP) is 4.64. The zero-order chi connectivity index (χ0) is 25.5. The summed E-state index contributed by atoms with van der Waals surface area (Å²) in [6.07, 6.45) is 0. The maximum absolute atomic E-state index is 12.6. The molecule has 182 valence electrons. The van der Waals surface area contributed by atoms with Crippen molar-refractivity contribution in [1.29, 1.82) is 0 Å². The molecule has 3 aromatic rings. The van der Waals surface area contributed by atoms with Crippen molar-refractivity contribution in [1.82, 2.24) is 5.32 Å². The molecule has 35 heavy (non-hydrogen) atoms. The molecule has 0 saturated carbocycles. The fraction of sp³-hybridized carbons (Fsp3) is 0.192. The number of halogens is 1. The molecule has 1 amide bonds. The normalized spacial score (nSPS) is 11.8. The van der Waals surface area contributed by atoms with Gasteiger partial charge in [0.25, 0.3) is 5.91 Å². The van der Waals surface area contributed by atoms with Crippen LogP contribution in [-0.2, 0) is 11.3 Å². The van der Waals surface area contributed by atoms with Crippen LogP contribution in [0.4, 0.5) is 11.4 Å². The fourth-order valence-corrected chi connectivity index (χ4v) is 3.35. The van der Waals surface area contributed by atoms with E-state index in [4.69, 9.17) is 22.1 Å². The summed E-state index contributed by atoms with van der Waals surface area (Å²) in [5, 5.41) is 12.9. The van der Waals surface area contributed by atoms with Crippen LogP contribution >= 0.6 is 11.6 Å². The molecule has 0 radical (unpaired) electrons. The lowest BCUT2D eigenvalue weighted by atomic mass is 10.1. The van der Waals surface area contributed by atoms with Crippen LogP contribution in [0.5, 0.6) is 17.2 Å². The molecule has 0 heterocycles. The number of nitrogens with one attached hydrogen (secondary N) is 1. The minimum absolute atomic E-state index is 0.0721. The van der Waals surface area contributed by atoms with E-state index < -0.39 is 0 Å². The van der Waals surface area contributed by atoms with Gasteiger partial charge in [-0.1, -0.05) is 29.8 Å². The second-order valence-corrected chi connectivity index (χ2v) is 8.36. The highest BCUT2D eigenvalue weighted by atomic mass is 35.5. The number of aliphatic imine (C=N–C) groups is 2. The molecule has 0 aliphatic heterocycles. The van der Waals surface area contributed by atoms with E-state index in [0.29, 0.717) is 17.9 Å². The van der Waals surface area contributed by atoms with Crippen molar-refractivity contribution in [3.05, 3.63) is 76.8 Å². The summed E-state index contributed by atoms with van der Waals surface area (Å²) in [7, 11) is 5.48. The number of rotatable bonds is 7. The van der Waals surface area contributed by atoms with Crippen molar-refractivity contribution in [2.24, 2.45) is 9.98 Å². The van der Waals surface area contributed by atoms with E-state index in [2.05, 4.69) is 15.3 Å². The van der Waals surface area contributed by atoms with Gasteiger partial charge in [0.15, 0.2) is 5.84 Å². The highest BCUT2D eigenvalue weighted by molar-refractivity contribution is 6.40. The van der Waals surface area contributed by atoms with Crippen molar-refractivity contribution in [3.63, 3.8) is 0 Å². The van der Waals surface area contributed by atoms with Gasteiger partial charge in [0.2, 0.25) is 0 Å². The van der Waals surface area contributed by atoms with Crippen LogP contribution in [0.1, 0.15) is 18.1 Å². The number of hydrogen-bond acceptors (Lipinski definition) is 6. The number of carbonyl (C=O) groups is 1. The van der Waals surface area contributed by atoms with E-state index in [1.807, 2.05) is 67.5 Å². The Morgan fingerprint density at radius 3 is 2.46 bits per heavy atom. The van der Waals surface area contributed by atoms with Gasteiger partial charge in [-0.3, -0.25) is 9.79 Å². The molecule has 0 aromatic heterocycles. The quantitative estimate of drug-likeness (QED) is 0.192. The molecule has 3 rings (SSSR count). The first kappa shape index (κ1) is 25.6. The number of carbonyl (C=O) groups excluding carboxylic acids is 1. The average Bonchev–Trinajstić information content (AvgIpc) is 2.84. The third-order valence-corrected chi connectivity index (χ3v) is 5.44. The minimum atomic E-state index is -0.349. The Hall–Kier alpha value is -4.04. The Kier molecular flexibility index (Phi) is 8.33. The van der Waals surface area contributed by atoms with E-state index in [0.717, 1.165) is 17.0 Å². The van der Waals surface area contributed by atoms with Crippen LogP contribution < -0.4 is 20.7 Å². The first-order valence-electron chi connectivity index (χ1n) is 10.8. The first-order valence-corrected chi connectivity index (χ1v) is 11.2. The maximum Gasteiger partial charge on any atom is 0.265 e. The third-order valence-electron chi connectivity index (χ3n) is 5.13. The Morgan fingerprint density at radius 1 is 1.11 bits per heavy atom. The van der Waals surface area contributed by atoms with Crippen LogP contribution in [-0.4, -0.2) is 43.7 Å². The second-order valence-electron chi connectivity index (χ2n) is 7.96. The number of benzene rings is 3. The van der Waals surface area contributed by atoms with Crippen LogP contribution in [0.2, 0.25) is 5.02 Å². The summed E-state index contributed by atoms with van der Waals surface area (Å²) in [4.78, 5) is 23.0.